The second kappa shape index (κ2) is 3.53. The molecule has 0 aromatic heterocycles. The largest absolute Gasteiger partial charge is 0.507 e. The highest BCUT2D eigenvalue weighted by molar-refractivity contribution is 5.45. The fourth-order valence-electron chi connectivity index (χ4n) is 0.834. The molecule has 1 aromatic carbocycles. The maximum absolute atomic E-state index is 9.40. The molecule has 0 heterocycles. The van der Waals surface area contributed by atoms with Crippen molar-refractivity contribution in [2.75, 3.05) is 0 Å². The molecule has 0 saturated carbocycles. The monoisotopic (exact) mass is 174 g/mol. The molecule has 1 N–H and O–H groups in total. The van der Waals surface area contributed by atoms with E-state index in [9.17, 15) is 5.11 Å². The van der Waals surface area contributed by atoms with Crippen molar-refractivity contribution in [1.29, 1.82) is 0 Å². The topological polar surface area (TPSA) is 20.2 Å². The molecule has 0 aliphatic carbocycles. The third-order valence-corrected chi connectivity index (χ3v) is 1.48. The van der Waals surface area contributed by atoms with Crippen molar-refractivity contribution in [2.45, 2.75) is 20.8 Å². The van der Waals surface area contributed by atoms with Crippen molar-refractivity contribution in [2.24, 2.45) is 5.41 Å². The van der Waals surface area contributed by atoms with E-state index in [1.165, 1.54) is 0 Å². The second-order valence-corrected chi connectivity index (χ2v) is 4.02. The Balaban J connectivity index is 2.97. The zero-order valence-electron chi connectivity index (χ0n) is 8.26. The first-order chi connectivity index (χ1) is 5.99. The Morgan fingerprint density at radius 3 is 2.31 bits per heavy atom. The summed E-state index contributed by atoms with van der Waals surface area (Å²) in [6, 6.07) is 7.12. The number of phenols is 1. The van der Waals surface area contributed by atoms with Gasteiger partial charge in [0.25, 0.3) is 0 Å². The van der Waals surface area contributed by atoms with E-state index in [0.29, 0.717) is 5.56 Å². The van der Waals surface area contributed by atoms with Crippen LogP contribution in [0.15, 0.2) is 24.3 Å². The van der Waals surface area contributed by atoms with Gasteiger partial charge in [-0.05, 0) is 32.9 Å². The molecule has 0 bridgehead atoms. The van der Waals surface area contributed by atoms with Crippen molar-refractivity contribution in [1.82, 2.24) is 0 Å². The van der Waals surface area contributed by atoms with Gasteiger partial charge >= 0.3 is 0 Å². The summed E-state index contributed by atoms with van der Waals surface area (Å²) in [5.41, 5.74) is 0.667. The molecule has 0 unspecified atom stereocenters. The first-order valence-electron chi connectivity index (χ1n) is 4.30. The van der Waals surface area contributed by atoms with Gasteiger partial charge < -0.3 is 5.11 Å². The summed E-state index contributed by atoms with van der Waals surface area (Å²) in [7, 11) is 0. The summed E-state index contributed by atoms with van der Waals surface area (Å²) >= 11 is 0. The van der Waals surface area contributed by atoms with Gasteiger partial charge in [0.15, 0.2) is 0 Å². The number of benzene rings is 1. The second-order valence-electron chi connectivity index (χ2n) is 4.02. The Labute approximate surface area is 79.4 Å². The normalized spacial score (nSPS) is 10.4. The van der Waals surface area contributed by atoms with Crippen LogP contribution in [0.25, 0.3) is 0 Å². The molecule has 1 nitrogen and oxygen atoms in total. The predicted octanol–water partition coefficient (Wildman–Crippen LogP) is 2.79. The molecular formula is C12H14O. The van der Waals surface area contributed by atoms with Crippen LogP contribution < -0.4 is 0 Å². The van der Waals surface area contributed by atoms with Gasteiger partial charge in [-0.1, -0.05) is 24.0 Å². The minimum atomic E-state index is -0.0255. The predicted molar refractivity (Wildman–Crippen MR) is 54.4 cm³/mol. The summed E-state index contributed by atoms with van der Waals surface area (Å²) in [6.07, 6.45) is 0. The number of aromatic hydroxyl groups is 1. The van der Waals surface area contributed by atoms with Crippen LogP contribution in [0.3, 0.4) is 0 Å². The standard InChI is InChI=1S/C12H14O/c1-12(2,3)9-8-10-6-4-5-7-11(10)13/h4-7,13H,1-3H3. The van der Waals surface area contributed by atoms with E-state index >= 15 is 0 Å². The Morgan fingerprint density at radius 1 is 1.15 bits per heavy atom. The summed E-state index contributed by atoms with van der Waals surface area (Å²) in [4.78, 5) is 0. The number of hydrogen-bond acceptors (Lipinski definition) is 1. The van der Waals surface area contributed by atoms with Crippen molar-refractivity contribution < 1.29 is 5.11 Å². The van der Waals surface area contributed by atoms with Crippen LogP contribution in [0.1, 0.15) is 26.3 Å². The van der Waals surface area contributed by atoms with E-state index in [2.05, 4.69) is 11.8 Å². The van der Waals surface area contributed by atoms with Gasteiger partial charge in [-0.25, -0.2) is 0 Å². The lowest BCUT2D eigenvalue weighted by molar-refractivity contribution is 0.473. The molecule has 0 spiro atoms. The third kappa shape index (κ3) is 3.21. The molecule has 1 rings (SSSR count). The van der Waals surface area contributed by atoms with Gasteiger partial charge in [-0.3, -0.25) is 0 Å². The SMILES string of the molecule is CC(C)(C)C#Cc1ccccc1O. The van der Waals surface area contributed by atoms with Gasteiger partial charge in [0.05, 0.1) is 5.56 Å². The number of para-hydroxylation sites is 1. The Hall–Kier alpha value is -1.42. The van der Waals surface area contributed by atoms with Crippen molar-refractivity contribution in [3.63, 3.8) is 0 Å². The molecule has 0 fully saturated rings. The molecule has 0 atom stereocenters. The van der Waals surface area contributed by atoms with Gasteiger partial charge in [-0.15, -0.1) is 0 Å². The van der Waals surface area contributed by atoms with Crippen LogP contribution in [-0.4, -0.2) is 5.11 Å². The van der Waals surface area contributed by atoms with Crippen LogP contribution in [0.5, 0.6) is 5.75 Å². The van der Waals surface area contributed by atoms with Gasteiger partial charge in [0, 0.05) is 5.41 Å². The third-order valence-electron chi connectivity index (χ3n) is 1.48. The average molecular weight is 174 g/mol. The number of phenolic OH excluding ortho intramolecular Hbond substituents is 1. The van der Waals surface area contributed by atoms with E-state index in [-0.39, 0.29) is 11.2 Å². The summed E-state index contributed by atoms with van der Waals surface area (Å²) in [5.74, 6) is 6.27. The molecule has 68 valence electrons. The van der Waals surface area contributed by atoms with E-state index in [1.54, 1.807) is 12.1 Å². The highest BCUT2D eigenvalue weighted by atomic mass is 16.3. The average Bonchev–Trinajstić information content (AvgIpc) is 2.01. The highest BCUT2D eigenvalue weighted by Crippen LogP contribution is 2.16. The van der Waals surface area contributed by atoms with Crippen LogP contribution >= 0.6 is 0 Å². The van der Waals surface area contributed by atoms with Gasteiger partial charge in [-0.2, -0.15) is 0 Å². The molecule has 0 saturated heterocycles. The number of hydrogen-bond donors (Lipinski definition) is 1. The molecule has 0 aliphatic rings. The zero-order chi connectivity index (χ0) is 9.90. The van der Waals surface area contributed by atoms with Gasteiger partial charge in [0.1, 0.15) is 5.75 Å². The first kappa shape index (κ1) is 9.67. The van der Waals surface area contributed by atoms with Crippen molar-refractivity contribution in [3.8, 4) is 17.6 Å². The molecule has 0 amide bonds. The Bertz CT molecular complexity index is 347. The minimum Gasteiger partial charge on any atom is -0.507 e. The van der Waals surface area contributed by atoms with Crippen LogP contribution in [-0.2, 0) is 0 Å². The molecule has 0 aliphatic heterocycles. The van der Waals surface area contributed by atoms with E-state index in [1.807, 2.05) is 32.9 Å². The summed E-state index contributed by atoms with van der Waals surface area (Å²) in [5, 5.41) is 9.40. The summed E-state index contributed by atoms with van der Waals surface area (Å²) < 4.78 is 0. The minimum absolute atomic E-state index is 0.0255. The van der Waals surface area contributed by atoms with Crippen molar-refractivity contribution in [3.05, 3.63) is 29.8 Å². The Kier molecular flexibility index (Phi) is 2.63. The number of rotatable bonds is 0. The molecule has 1 heteroatoms. The smallest absolute Gasteiger partial charge is 0.131 e. The van der Waals surface area contributed by atoms with Crippen LogP contribution in [0.4, 0.5) is 0 Å². The lowest BCUT2D eigenvalue weighted by Crippen LogP contribution is -1.99. The molecule has 0 radical (unpaired) electrons. The highest BCUT2D eigenvalue weighted by Gasteiger charge is 2.03. The van der Waals surface area contributed by atoms with Gasteiger partial charge in [0.2, 0.25) is 0 Å². The molecule has 13 heavy (non-hydrogen) atoms. The maximum atomic E-state index is 9.40. The molecule has 1 aromatic rings. The van der Waals surface area contributed by atoms with Crippen LogP contribution in [0, 0.1) is 17.3 Å². The van der Waals surface area contributed by atoms with E-state index < -0.39 is 0 Å². The van der Waals surface area contributed by atoms with E-state index in [4.69, 9.17) is 0 Å². The first-order valence-corrected chi connectivity index (χ1v) is 4.30. The zero-order valence-corrected chi connectivity index (χ0v) is 8.26. The maximum Gasteiger partial charge on any atom is 0.131 e. The quantitative estimate of drug-likeness (QED) is 0.600. The fraction of sp³-hybridized carbons (Fsp3) is 0.333. The molecular weight excluding hydrogens is 160 g/mol. The summed E-state index contributed by atoms with van der Waals surface area (Å²) in [6.45, 7) is 6.12. The lowest BCUT2D eigenvalue weighted by atomic mass is 9.97. The van der Waals surface area contributed by atoms with E-state index in [0.717, 1.165) is 0 Å². The Morgan fingerprint density at radius 2 is 1.77 bits per heavy atom. The lowest BCUT2D eigenvalue weighted by Gasteiger charge is -2.06. The fourth-order valence-corrected chi connectivity index (χ4v) is 0.834. The van der Waals surface area contributed by atoms with Crippen molar-refractivity contribution >= 4 is 0 Å². The van der Waals surface area contributed by atoms with Crippen LogP contribution in [0.2, 0.25) is 0 Å².